The molecule has 0 aliphatic heterocycles. The lowest BCUT2D eigenvalue weighted by atomic mass is 10.0. The SMILES string of the molecule is CC(=O)CCCNCCc1ccc(C)cc1C. The van der Waals surface area contributed by atoms with E-state index in [1.165, 1.54) is 16.7 Å². The van der Waals surface area contributed by atoms with E-state index >= 15 is 0 Å². The van der Waals surface area contributed by atoms with Crippen LogP contribution in [0.1, 0.15) is 36.5 Å². The van der Waals surface area contributed by atoms with Crippen molar-refractivity contribution in [1.82, 2.24) is 5.32 Å². The second-order valence-corrected chi connectivity index (χ2v) is 4.74. The summed E-state index contributed by atoms with van der Waals surface area (Å²) in [7, 11) is 0. The molecule has 0 spiro atoms. The predicted molar refractivity (Wildman–Crippen MR) is 72.4 cm³/mol. The molecule has 0 saturated heterocycles. The molecule has 0 unspecified atom stereocenters. The molecule has 94 valence electrons. The van der Waals surface area contributed by atoms with Gasteiger partial charge in [-0.3, -0.25) is 0 Å². The fourth-order valence-electron chi connectivity index (χ4n) is 1.94. The van der Waals surface area contributed by atoms with Gasteiger partial charge in [-0.05, 0) is 57.8 Å². The molecule has 0 aliphatic carbocycles. The summed E-state index contributed by atoms with van der Waals surface area (Å²) < 4.78 is 0. The Morgan fingerprint density at radius 1 is 1.24 bits per heavy atom. The molecule has 17 heavy (non-hydrogen) atoms. The molecule has 0 radical (unpaired) electrons. The summed E-state index contributed by atoms with van der Waals surface area (Å²) >= 11 is 0. The number of nitrogens with one attached hydrogen (secondary N) is 1. The minimum atomic E-state index is 0.279. The molecule has 2 heteroatoms. The van der Waals surface area contributed by atoms with Crippen LogP contribution in [-0.4, -0.2) is 18.9 Å². The summed E-state index contributed by atoms with van der Waals surface area (Å²) in [6.45, 7) is 7.86. The van der Waals surface area contributed by atoms with E-state index < -0.39 is 0 Å². The monoisotopic (exact) mass is 233 g/mol. The molecule has 0 aliphatic rings. The van der Waals surface area contributed by atoms with E-state index in [0.29, 0.717) is 6.42 Å². The highest BCUT2D eigenvalue weighted by Crippen LogP contribution is 2.10. The number of hydrogen-bond acceptors (Lipinski definition) is 2. The number of aryl methyl sites for hydroxylation is 2. The maximum Gasteiger partial charge on any atom is 0.129 e. The molecule has 0 fully saturated rings. The third-order valence-corrected chi connectivity index (χ3v) is 2.95. The summed E-state index contributed by atoms with van der Waals surface area (Å²) in [5, 5.41) is 3.38. The van der Waals surface area contributed by atoms with E-state index in [-0.39, 0.29) is 5.78 Å². The molecule has 1 aromatic rings. The van der Waals surface area contributed by atoms with Gasteiger partial charge in [0.1, 0.15) is 5.78 Å². The molecule has 2 nitrogen and oxygen atoms in total. The highest BCUT2D eigenvalue weighted by atomic mass is 16.1. The van der Waals surface area contributed by atoms with Gasteiger partial charge in [-0.25, -0.2) is 0 Å². The lowest BCUT2D eigenvalue weighted by Crippen LogP contribution is -2.19. The van der Waals surface area contributed by atoms with Crippen molar-refractivity contribution in [2.75, 3.05) is 13.1 Å². The van der Waals surface area contributed by atoms with Crippen molar-refractivity contribution in [3.63, 3.8) is 0 Å². The van der Waals surface area contributed by atoms with E-state index in [1.54, 1.807) is 6.92 Å². The minimum absolute atomic E-state index is 0.279. The Hall–Kier alpha value is -1.15. The van der Waals surface area contributed by atoms with Crippen molar-refractivity contribution >= 4 is 5.78 Å². The number of hydrogen-bond donors (Lipinski definition) is 1. The van der Waals surface area contributed by atoms with Gasteiger partial charge < -0.3 is 10.1 Å². The molecule has 1 aromatic carbocycles. The highest BCUT2D eigenvalue weighted by molar-refractivity contribution is 5.75. The van der Waals surface area contributed by atoms with E-state index in [0.717, 1.165) is 25.9 Å². The zero-order valence-corrected chi connectivity index (χ0v) is 11.2. The molecule has 1 N–H and O–H groups in total. The van der Waals surface area contributed by atoms with Crippen LogP contribution >= 0.6 is 0 Å². The molecule has 0 bridgehead atoms. The molecule has 0 amide bonds. The van der Waals surface area contributed by atoms with E-state index in [1.807, 2.05) is 0 Å². The first-order chi connectivity index (χ1) is 8.09. The molecule has 0 atom stereocenters. The van der Waals surface area contributed by atoms with Crippen molar-refractivity contribution in [1.29, 1.82) is 0 Å². The fourth-order valence-corrected chi connectivity index (χ4v) is 1.94. The second kappa shape index (κ2) is 7.23. The number of ketones is 1. The van der Waals surface area contributed by atoms with Crippen LogP contribution in [0.3, 0.4) is 0 Å². The molecule has 0 aromatic heterocycles. The Labute approximate surface area is 104 Å². The van der Waals surface area contributed by atoms with Gasteiger partial charge in [0, 0.05) is 6.42 Å². The normalized spacial score (nSPS) is 10.5. The summed E-state index contributed by atoms with van der Waals surface area (Å²) in [6.07, 6.45) is 2.70. The van der Waals surface area contributed by atoms with Gasteiger partial charge in [-0.15, -0.1) is 0 Å². The molecule has 1 rings (SSSR count). The van der Waals surface area contributed by atoms with Crippen LogP contribution in [0.15, 0.2) is 18.2 Å². The lowest BCUT2D eigenvalue weighted by molar-refractivity contribution is -0.117. The number of benzene rings is 1. The van der Waals surface area contributed by atoms with Gasteiger partial charge in [0.25, 0.3) is 0 Å². The zero-order chi connectivity index (χ0) is 12.7. The average Bonchev–Trinajstić information content (AvgIpc) is 2.25. The number of carbonyl (C=O) groups excluding carboxylic acids is 1. The van der Waals surface area contributed by atoms with Gasteiger partial charge in [0.05, 0.1) is 0 Å². The standard InChI is InChI=1S/C15H23NO/c1-12-6-7-15(13(2)11-12)8-10-16-9-4-5-14(3)17/h6-7,11,16H,4-5,8-10H2,1-3H3. The van der Waals surface area contributed by atoms with Crippen LogP contribution < -0.4 is 5.32 Å². The Morgan fingerprint density at radius 2 is 2.00 bits per heavy atom. The number of rotatable bonds is 7. The first-order valence-corrected chi connectivity index (χ1v) is 6.36. The average molecular weight is 233 g/mol. The van der Waals surface area contributed by atoms with E-state index in [2.05, 4.69) is 37.4 Å². The zero-order valence-electron chi connectivity index (χ0n) is 11.2. The van der Waals surface area contributed by atoms with Gasteiger partial charge in [-0.2, -0.15) is 0 Å². The Bertz CT molecular complexity index is 371. The first-order valence-electron chi connectivity index (χ1n) is 6.36. The van der Waals surface area contributed by atoms with Crippen LogP contribution in [0.2, 0.25) is 0 Å². The van der Waals surface area contributed by atoms with Crippen molar-refractivity contribution in [2.45, 2.75) is 40.0 Å². The fraction of sp³-hybridized carbons (Fsp3) is 0.533. The minimum Gasteiger partial charge on any atom is -0.316 e. The van der Waals surface area contributed by atoms with Gasteiger partial charge in [0.15, 0.2) is 0 Å². The summed E-state index contributed by atoms with van der Waals surface area (Å²) in [6, 6.07) is 6.60. The van der Waals surface area contributed by atoms with Gasteiger partial charge >= 0.3 is 0 Å². The highest BCUT2D eigenvalue weighted by Gasteiger charge is 1.98. The van der Waals surface area contributed by atoms with Crippen molar-refractivity contribution in [3.8, 4) is 0 Å². The van der Waals surface area contributed by atoms with Crippen molar-refractivity contribution in [3.05, 3.63) is 34.9 Å². The third-order valence-electron chi connectivity index (χ3n) is 2.95. The Kier molecular flexibility index (Phi) is 5.92. The maximum atomic E-state index is 10.7. The van der Waals surface area contributed by atoms with E-state index in [9.17, 15) is 4.79 Å². The third kappa shape index (κ3) is 5.64. The lowest BCUT2D eigenvalue weighted by Gasteiger charge is -2.08. The smallest absolute Gasteiger partial charge is 0.129 e. The van der Waals surface area contributed by atoms with Gasteiger partial charge in [-0.1, -0.05) is 23.8 Å². The summed E-state index contributed by atoms with van der Waals surface area (Å²) in [4.78, 5) is 10.7. The van der Waals surface area contributed by atoms with Crippen LogP contribution in [0.25, 0.3) is 0 Å². The van der Waals surface area contributed by atoms with Crippen LogP contribution in [0.5, 0.6) is 0 Å². The predicted octanol–water partition coefficient (Wildman–Crippen LogP) is 2.80. The van der Waals surface area contributed by atoms with E-state index in [4.69, 9.17) is 0 Å². The van der Waals surface area contributed by atoms with Crippen LogP contribution in [0.4, 0.5) is 0 Å². The first kappa shape index (κ1) is 13.9. The van der Waals surface area contributed by atoms with Gasteiger partial charge in [0.2, 0.25) is 0 Å². The summed E-state index contributed by atoms with van der Waals surface area (Å²) in [5.74, 6) is 0.279. The Morgan fingerprint density at radius 3 is 2.65 bits per heavy atom. The molecule has 0 heterocycles. The van der Waals surface area contributed by atoms with Crippen LogP contribution in [0, 0.1) is 13.8 Å². The number of Topliss-reactive ketones (excluding diaryl/α,β-unsaturated/α-hetero) is 1. The molecular weight excluding hydrogens is 210 g/mol. The quantitative estimate of drug-likeness (QED) is 0.734. The van der Waals surface area contributed by atoms with Crippen LogP contribution in [-0.2, 0) is 11.2 Å². The van der Waals surface area contributed by atoms with Crippen molar-refractivity contribution < 1.29 is 4.79 Å². The largest absolute Gasteiger partial charge is 0.316 e. The van der Waals surface area contributed by atoms with Crippen molar-refractivity contribution in [2.24, 2.45) is 0 Å². The Balaban J connectivity index is 2.20. The number of carbonyl (C=O) groups is 1. The maximum absolute atomic E-state index is 10.7. The topological polar surface area (TPSA) is 29.1 Å². The molecular formula is C15H23NO. The molecule has 0 saturated carbocycles. The second-order valence-electron chi connectivity index (χ2n) is 4.74. The summed E-state index contributed by atoms with van der Waals surface area (Å²) in [5.41, 5.74) is 4.10.